The van der Waals surface area contributed by atoms with Crippen LogP contribution >= 0.6 is 0 Å². The van der Waals surface area contributed by atoms with Crippen molar-refractivity contribution in [1.82, 2.24) is 0 Å². The number of carbonyl (C=O) groups excluding carboxylic acids is 1. The van der Waals surface area contributed by atoms with Crippen molar-refractivity contribution in [2.24, 2.45) is 0 Å². The zero-order chi connectivity index (χ0) is 13.1. The van der Waals surface area contributed by atoms with Gasteiger partial charge in [0.25, 0.3) is 0 Å². The summed E-state index contributed by atoms with van der Waals surface area (Å²) in [5, 5.41) is 0. The Bertz CT molecular complexity index is 590. The second-order valence-corrected chi connectivity index (χ2v) is 4.43. The molecule has 0 aliphatic carbocycles. The van der Waals surface area contributed by atoms with Gasteiger partial charge < -0.3 is 9.47 Å². The first-order valence-corrected chi connectivity index (χ1v) is 6.33. The van der Waals surface area contributed by atoms with Crippen molar-refractivity contribution < 1.29 is 14.3 Å². The maximum absolute atomic E-state index is 11.1. The number of ether oxygens (including phenoxy) is 2. The highest BCUT2D eigenvalue weighted by atomic mass is 16.5. The first kappa shape index (κ1) is 11.8. The molecule has 0 saturated carbocycles. The van der Waals surface area contributed by atoms with Crippen LogP contribution in [0.2, 0.25) is 0 Å². The second kappa shape index (κ2) is 5.14. The highest BCUT2D eigenvalue weighted by Gasteiger charge is 2.17. The summed E-state index contributed by atoms with van der Waals surface area (Å²) in [6.45, 7) is 1.25. The minimum absolute atomic E-state index is 0.600. The molecule has 0 unspecified atom stereocenters. The zero-order valence-corrected chi connectivity index (χ0v) is 10.5. The van der Waals surface area contributed by atoms with Gasteiger partial charge in [0.15, 0.2) is 11.5 Å². The molecule has 1 aliphatic rings. The molecule has 0 saturated heterocycles. The minimum atomic E-state index is 0.600. The SMILES string of the molecule is O=Cc1cc2c(c(-c3ccccc3)c1)OCCCO2. The van der Waals surface area contributed by atoms with Crippen LogP contribution < -0.4 is 9.47 Å². The standard InChI is InChI=1S/C16H14O3/c17-11-12-9-14(13-5-2-1-3-6-13)16-15(10-12)18-7-4-8-19-16/h1-3,5-6,9-11H,4,7-8H2. The van der Waals surface area contributed by atoms with Gasteiger partial charge in [-0.2, -0.15) is 0 Å². The van der Waals surface area contributed by atoms with Crippen molar-refractivity contribution in [2.75, 3.05) is 13.2 Å². The molecule has 3 nitrogen and oxygen atoms in total. The van der Waals surface area contributed by atoms with E-state index in [0.717, 1.165) is 29.6 Å². The molecule has 0 spiro atoms. The van der Waals surface area contributed by atoms with E-state index in [4.69, 9.17) is 9.47 Å². The molecule has 2 aromatic rings. The molecule has 0 bridgehead atoms. The smallest absolute Gasteiger partial charge is 0.169 e. The lowest BCUT2D eigenvalue weighted by molar-refractivity contribution is 0.112. The van der Waals surface area contributed by atoms with E-state index >= 15 is 0 Å². The molecular formula is C16H14O3. The number of benzene rings is 2. The van der Waals surface area contributed by atoms with Crippen LogP contribution in [-0.2, 0) is 0 Å². The lowest BCUT2D eigenvalue weighted by Crippen LogP contribution is -1.98. The second-order valence-electron chi connectivity index (χ2n) is 4.43. The highest BCUT2D eigenvalue weighted by Crippen LogP contribution is 2.40. The van der Waals surface area contributed by atoms with Gasteiger partial charge in [-0.25, -0.2) is 0 Å². The third-order valence-electron chi connectivity index (χ3n) is 3.09. The zero-order valence-electron chi connectivity index (χ0n) is 10.5. The third kappa shape index (κ3) is 2.32. The first-order chi connectivity index (χ1) is 9.38. The summed E-state index contributed by atoms with van der Waals surface area (Å²) in [6.07, 6.45) is 1.68. The molecule has 0 aromatic heterocycles. The van der Waals surface area contributed by atoms with E-state index in [9.17, 15) is 4.79 Å². The number of fused-ring (bicyclic) bond motifs is 1. The molecule has 96 valence electrons. The number of hydrogen-bond acceptors (Lipinski definition) is 3. The van der Waals surface area contributed by atoms with E-state index in [-0.39, 0.29) is 0 Å². The Morgan fingerprint density at radius 1 is 1.00 bits per heavy atom. The van der Waals surface area contributed by atoms with Crippen LogP contribution in [0.25, 0.3) is 11.1 Å². The van der Waals surface area contributed by atoms with Crippen molar-refractivity contribution in [3.8, 4) is 22.6 Å². The Morgan fingerprint density at radius 3 is 2.58 bits per heavy atom. The van der Waals surface area contributed by atoms with Crippen LogP contribution in [0, 0.1) is 0 Å². The summed E-state index contributed by atoms with van der Waals surface area (Å²) in [6, 6.07) is 13.5. The van der Waals surface area contributed by atoms with Gasteiger partial charge in [-0.15, -0.1) is 0 Å². The Hall–Kier alpha value is -2.29. The van der Waals surface area contributed by atoms with Crippen LogP contribution in [0.15, 0.2) is 42.5 Å². The Kier molecular flexibility index (Phi) is 3.19. The Labute approximate surface area is 111 Å². The van der Waals surface area contributed by atoms with Gasteiger partial charge in [-0.3, -0.25) is 4.79 Å². The van der Waals surface area contributed by atoms with Crippen molar-refractivity contribution in [3.05, 3.63) is 48.0 Å². The summed E-state index contributed by atoms with van der Waals surface area (Å²) in [7, 11) is 0. The number of hydrogen-bond donors (Lipinski definition) is 0. The molecule has 3 heteroatoms. The summed E-state index contributed by atoms with van der Waals surface area (Å²) in [4.78, 5) is 11.1. The van der Waals surface area contributed by atoms with Gasteiger partial charge in [0.1, 0.15) is 6.29 Å². The van der Waals surface area contributed by atoms with Crippen LogP contribution in [0.4, 0.5) is 0 Å². The van der Waals surface area contributed by atoms with E-state index in [1.807, 2.05) is 36.4 Å². The van der Waals surface area contributed by atoms with E-state index in [1.165, 1.54) is 0 Å². The minimum Gasteiger partial charge on any atom is -0.490 e. The molecule has 0 radical (unpaired) electrons. The van der Waals surface area contributed by atoms with Crippen molar-refractivity contribution in [1.29, 1.82) is 0 Å². The average Bonchev–Trinajstić information content (AvgIpc) is 2.72. The molecule has 0 amide bonds. The summed E-state index contributed by atoms with van der Waals surface area (Å²) in [5.41, 5.74) is 2.53. The van der Waals surface area contributed by atoms with Crippen LogP contribution in [-0.4, -0.2) is 19.5 Å². The molecule has 1 aliphatic heterocycles. The van der Waals surface area contributed by atoms with E-state index < -0.39 is 0 Å². The number of aldehydes is 1. The van der Waals surface area contributed by atoms with Gasteiger partial charge in [0, 0.05) is 17.5 Å². The topological polar surface area (TPSA) is 35.5 Å². The molecule has 3 rings (SSSR count). The maximum atomic E-state index is 11.1. The van der Waals surface area contributed by atoms with Crippen LogP contribution in [0.3, 0.4) is 0 Å². The molecule has 1 heterocycles. The highest BCUT2D eigenvalue weighted by molar-refractivity contribution is 5.84. The number of carbonyl (C=O) groups is 1. The lowest BCUT2D eigenvalue weighted by atomic mass is 10.0. The largest absolute Gasteiger partial charge is 0.490 e. The fourth-order valence-electron chi connectivity index (χ4n) is 2.20. The van der Waals surface area contributed by atoms with Crippen LogP contribution in [0.5, 0.6) is 11.5 Å². The van der Waals surface area contributed by atoms with Gasteiger partial charge in [0.2, 0.25) is 0 Å². The molecule has 0 N–H and O–H groups in total. The fourth-order valence-corrected chi connectivity index (χ4v) is 2.20. The monoisotopic (exact) mass is 254 g/mol. The van der Waals surface area contributed by atoms with Crippen molar-refractivity contribution >= 4 is 6.29 Å². The van der Waals surface area contributed by atoms with Gasteiger partial charge in [0.05, 0.1) is 13.2 Å². The van der Waals surface area contributed by atoms with Crippen LogP contribution in [0.1, 0.15) is 16.8 Å². The molecular weight excluding hydrogens is 240 g/mol. The predicted molar refractivity (Wildman–Crippen MR) is 72.9 cm³/mol. The number of rotatable bonds is 2. The average molecular weight is 254 g/mol. The summed E-state index contributed by atoms with van der Waals surface area (Å²) < 4.78 is 11.5. The van der Waals surface area contributed by atoms with Gasteiger partial charge in [-0.05, 0) is 17.7 Å². The first-order valence-electron chi connectivity index (χ1n) is 6.33. The van der Waals surface area contributed by atoms with E-state index in [0.29, 0.717) is 24.5 Å². The fraction of sp³-hybridized carbons (Fsp3) is 0.188. The molecule has 0 fully saturated rings. The lowest BCUT2D eigenvalue weighted by Gasteiger charge is -2.13. The van der Waals surface area contributed by atoms with Gasteiger partial charge in [-0.1, -0.05) is 30.3 Å². The Morgan fingerprint density at radius 2 is 1.79 bits per heavy atom. The Balaban J connectivity index is 2.19. The predicted octanol–water partition coefficient (Wildman–Crippen LogP) is 3.33. The summed E-state index contributed by atoms with van der Waals surface area (Å²) >= 11 is 0. The quantitative estimate of drug-likeness (QED) is 0.771. The molecule has 2 aromatic carbocycles. The summed E-state index contributed by atoms with van der Waals surface area (Å²) in [5.74, 6) is 1.38. The van der Waals surface area contributed by atoms with E-state index in [2.05, 4.69) is 0 Å². The van der Waals surface area contributed by atoms with Crippen molar-refractivity contribution in [3.63, 3.8) is 0 Å². The maximum Gasteiger partial charge on any atom is 0.169 e. The molecule has 19 heavy (non-hydrogen) atoms. The van der Waals surface area contributed by atoms with Crippen molar-refractivity contribution in [2.45, 2.75) is 6.42 Å². The van der Waals surface area contributed by atoms with Gasteiger partial charge >= 0.3 is 0 Å². The normalized spacial score (nSPS) is 13.7. The van der Waals surface area contributed by atoms with E-state index in [1.54, 1.807) is 6.07 Å². The third-order valence-corrected chi connectivity index (χ3v) is 3.09. The molecule has 0 atom stereocenters.